The summed E-state index contributed by atoms with van der Waals surface area (Å²) >= 11 is 0. The Balaban J connectivity index is 1.49. The van der Waals surface area contributed by atoms with E-state index in [1.54, 1.807) is 24.4 Å². The number of benzene rings is 2. The lowest BCUT2D eigenvalue weighted by Crippen LogP contribution is -2.17. The monoisotopic (exact) mass is 307 g/mol. The maximum absolute atomic E-state index is 12.1. The van der Waals surface area contributed by atoms with Crippen LogP contribution >= 0.6 is 0 Å². The normalized spacial score (nSPS) is 12.9. The van der Waals surface area contributed by atoms with Crippen molar-refractivity contribution in [2.24, 2.45) is 5.10 Å². The Morgan fingerprint density at radius 2 is 2.04 bits per heavy atom. The highest BCUT2D eigenvalue weighted by Crippen LogP contribution is 2.32. The number of aromatic amines is 1. The molecule has 0 fully saturated rings. The number of hydrazone groups is 1. The van der Waals surface area contributed by atoms with Gasteiger partial charge in [0, 0.05) is 28.2 Å². The largest absolute Gasteiger partial charge is 0.454 e. The van der Waals surface area contributed by atoms with Crippen LogP contribution in [0.1, 0.15) is 15.9 Å². The van der Waals surface area contributed by atoms with Crippen LogP contribution in [-0.2, 0) is 0 Å². The van der Waals surface area contributed by atoms with Crippen molar-refractivity contribution in [1.29, 1.82) is 0 Å². The van der Waals surface area contributed by atoms with E-state index >= 15 is 0 Å². The van der Waals surface area contributed by atoms with Crippen molar-refractivity contribution in [1.82, 2.24) is 10.4 Å². The van der Waals surface area contributed by atoms with Crippen molar-refractivity contribution in [3.8, 4) is 11.5 Å². The Kier molecular flexibility index (Phi) is 3.20. The van der Waals surface area contributed by atoms with Crippen LogP contribution in [0.3, 0.4) is 0 Å². The quantitative estimate of drug-likeness (QED) is 0.577. The summed E-state index contributed by atoms with van der Waals surface area (Å²) in [5.74, 6) is 0.904. The van der Waals surface area contributed by atoms with Gasteiger partial charge >= 0.3 is 0 Å². The third-order valence-corrected chi connectivity index (χ3v) is 3.63. The number of amides is 1. The van der Waals surface area contributed by atoms with E-state index < -0.39 is 0 Å². The fourth-order valence-corrected chi connectivity index (χ4v) is 2.46. The van der Waals surface area contributed by atoms with E-state index in [2.05, 4.69) is 15.5 Å². The molecule has 1 aliphatic rings. The van der Waals surface area contributed by atoms with Gasteiger partial charge in [0.2, 0.25) is 6.79 Å². The number of fused-ring (bicyclic) bond motifs is 2. The smallest absolute Gasteiger partial charge is 0.271 e. The average Bonchev–Trinajstić information content (AvgIpc) is 3.21. The number of aromatic nitrogens is 1. The number of hydrogen-bond donors (Lipinski definition) is 2. The number of para-hydroxylation sites is 1. The van der Waals surface area contributed by atoms with E-state index in [4.69, 9.17) is 9.47 Å². The van der Waals surface area contributed by atoms with Gasteiger partial charge in [-0.2, -0.15) is 5.10 Å². The van der Waals surface area contributed by atoms with Crippen molar-refractivity contribution in [2.45, 2.75) is 0 Å². The topological polar surface area (TPSA) is 75.7 Å². The van der Waals surface area contributed by atoms with E-state index in [1.165, 1.54) is 0 Å². The summed E-state index contributed by atoms with van der Waals surface area (Å²) in [5.41, 5.74) is 4.91. The van der Waals surface area contributed by atoms with Gasteiger partial charge in [0.05, 0.1) is 6.21 Å². The van der Waals surface area contributed by atoms with Crippen LogP contribution in [0.2, 0.25) is 0 Å². The van der Waals surface area contributed by atoms with Gasteiger partial charge in [-0.15, -0.1) is 0 Å². The maximum atomic E-state index is 12.1. The molecule has 6 heteroatoms. The first-order valence-corrected chi connectivity index (χ1v) is 7.10. The minimum absolute atomic E-state index is 0.180. The Morgan fingerprint density at radius 3 is 3.00 bits per heavy atom. The summed E-state index contributed by atoms with van der Waals surface area (Å²) in [5, 5.41) is 5.07. The lowest BCUT2D eigenvalue weighted by atomic mass is 10.2. The fraction of sp³-hybridized carbons (Fsp3) is 0.0588. The third-order valence-electron chi connectivity index (χ3n) is 3.63. The Morgan fingerprint density at radius 1 is 1.17 bits per heavy atom. The number of nitrogens with zero attached hydrogens (tertiary/aromatic N) is 1. The standard InChI is InChI=1S/C17H13N3O3/c21-17(11-5-6-15-16(7-11)23-10-22-15)20-19-9-12-8-18-14-4-2-1-3-13(12)14/h1-9,18H,10H2,(H,20,21)/b19-9+. The van der Waals surface area contributed by atoms with Crippen LogP contribution < -0.4 is 14.9 Å². The molecule has 0 saturated heterocycles. The summed E-state index contributed by atoms with van der Waals surface area (Å²) < 4.78 is 10.5. The molecule has 1 amide bonds. The first-order valence-electron chi connectivity index (χ1n) is 7.10. The molecule has 0 atom stereocenters. The van der Waals surface area contributed by atoms with Crippen LogP contribution in [0, 0.1) is 0 Å². The van der Waals surface area contributed by atoms with Gasteiger partial charge < -0.3 is 14.5 Å². The molecular formula is C17H13N3O3. The van der Waals surface area contributed by atoms with E-state index in [0.29, 0.717) is 17.1 Å². The van der Waals surface area contributed by atoms with Crippen molar-refractivity contribution in [2.75, 3.05) is 6.79 Å². The van der Waals surface area contributed by atoms with Crippen molar-refractivity contribution < 1.29 is 14.3 Å². The predicted octanol–water partition coefficient (Wildman–Crippen LogP) is 2.66. The lowest BCUT2D eigenvalue weighted by Gasteiger charge is -2.01. The number of carbonyl (C=O) groups is 1. The molecule has 6 nitrogen and oxygen atoms in total. The summed E-state index contributed by atoms with van der Waals surface area (Å²) in [6.45, 7) is 0.180. The van der Waals surface area contributed by atoms with Gasteiger partial charge in [-0.1, -0.05) is 18.2 Å². The molecule has 0 spiro atoms. The zero-order valence-corrected chi connectivity index (χ0v) is 12.1. The van der Waals surface area contributed by atoms with E-state index in [9.17, 15) is 4.79 Å². The van der Waals surface area contributed by atoms with Gasteiger partial charge in [-0.25, -0.2) is 5.43 Å². The highest BCUT2D eigenvalue weighted by atomic mass is 16.7. The molecule has 23 heavy (non-hydrogen) atoms. The highest BCUT2D eigenvalue weighted by Gasteiger charge is 2.15. The van der Waals surface area contributed by atoms with Crippen LogP contribution in [0.5, 0.6) is 11.5 Å². The van der Waals surface area contributed by atoms with Crippen molar-refractivity contribution in [3.63, 3.8) is 0 Å². The minimum atomic E-state index is -0.306. The zero-order chi connectivity index (χ0) is 15.6. The van der Waals surface area contributed by atoms with Gasteiger partial charge in [0.25, 0.3) is 5.91 Å². The second kappa shape index (κ2) is 5.49. The number of H-pyrrole nitrogens is 1. The molecule has 0 unspecified atom stereocenters. The molecule has 0 saturated carbocycles. The van der Waals surface area contributed by atoms with Crippen molar-refractivity contribution >= 4 is 23.0 Å². The summed E-state index contributed by atoms with van der Waals surface area (Å²) in [4.78, 5) is 15.3. The van der Waals surface area contributed by atoms with Crippen LogP contribution in [0.25, 0.3) is 10.9 Å². The van der Waals surface area contributed by atoms with Crippen LogP contribution in [0.4, 0.5) is 0 Å². The van der Waals surface area contributed by atoms with Crippen molar-refractivity contribution in [3.05, 3.63) is 59.8 Å². The predicted molar refractivity (Wildman–Crippen MR) is 85.9 cm³/mol. The third kappa shape index (κ3) is 2.50. The molecule has 0 radical (unpaired) electrons. The maximum Gasteiger partial charge on any atom is 0.271 e. The number of carbonyl (C=O) groups excluding carboxylic acids is 1. The molecule has 2 N–H and O–H groups in total. The van der Waals surface area contributed by atoms with Gasteiger partial charge in [-0.3, -0.25) is 4.79 Å². The van der Waals surface area contributed by atoms with Gasteiger partial charge in [0.15, 0.2) is 11.5 Å². The van der Waals surface area contributed by atoms with Gasteiger partial charge in [-0.05, 0) is 24.3 Å². The van der Waals surface area contributed by atoms with Crippen LogP contribution in [-0.4, -0.2) is 23.9 Å². The number of nitrogens with one attached hydrogen (secondary N) is 2. The Hall–Kier alpha value is -3.28. The number of rotatable bonds is 3. The first-order chi connectivity index (χ1) is 11.3. The molecule has 1 aliphatic heterocycles. The average molecular weight is 307 g/mol. The zero-order valence-electron chi connectivity index (χ0n) is 12.1. The Labute approximate surface area is 131 Å². The molecule has 4 rings (SSSR count). The second-order valence-electron chi connectivity index (χ2n) is 5.06. The molecule has 2 aromatic carbocycles. The summed E-state index contributed by atoms with van der Waals surface area (Å²) in [7, 11) is 0. The molecule has 114 valence electrons. The van der Waals surface area contributed by atoms with E-state index in [1.807, 2.05) is 30.5 Å². The second-order valence-corrected chi connectivity index (χ2v) is 5.06. The van der Waals surface area contributed by atoms with Crippen LogP contribution in [0.15, 0.2) is 53.8 Å². The molecule has 0 aliphatic carbocycles. The fourth-order valence-electron chi connectivity index (χ4n) is 2.46. The highest BCUT2D eigenvalue weighted by molar-refractivity contribution is 6.00. The van der Waals surface area contributed by atoms with E-state index in [0.717, 1.165) is 16.5 Å². The number of hydrogen-bond acceptors (Lipinski definition) is 4. The number of ether oxygens (including phenoxy) is 2. The lowest BCUT2D eigenvalue weighted by molar-refractivity contribution is 0.0954. The SMILES string of the molecule is O=C(N/N=C/c1c[nH]c2ccccc12)c1ccc2c(c1)OCO2. The molecule has 1 aromatic heterocycles. The first kappa shape index (κ1) is 13.4. The van der Waals surface area contributed by atoms with Gasteiger partial charge in [0.1, 0.15) is 0 Å². The Bertz CT molecular complexity index is 914. The summed E-state index contributed by atoms with van der Waals surface area (Å²) in [6, 6.07) is 12.9. The van der Waals surface area contributed by atoms with E-state index in [-0.39, 0.29) is 12.7 Å². The molecule has 3 aromatic rings. The molecular weight excluding hydrogens is 294 g/mol. The molecule has 2 heterocycles. The minimum Gasteiger partial charge on any atom is -0.454 e. The molecule has 0 bridgehead atoms. The summed E-state index contributed by atoms with van der Waals surface area (Å²) in [6.07, 6.45) is 3.46.